The Balaban J connectivity index is 0. The molecule has 0 aromatic heterocycles. The number of carbonyl (C=O) groups excluding carboxylic acids is 2. The van der Waals surface area contributed by atoms with Crippen LogP contribution in [0.25, 0.3) is 0 Å². The third kappa shape index (κ3) is 7.53. The molecule has 0 fully saturated rings. The maximum Gasteiger partial charge on any atom is 0.317 e. The molecule has 0 aliphatic rings. The Hall–Kier alpha value is -0.580. The summed E-state index contributed by atoms with van der Waals surface area (Å²) in [5, 5.41) is 0. The van der Waals surface area contributed by atoms with Gasteiger partial charge >= 0.3 is 11.9 Å². The summed E-state index contributed by atoms with van der Waals surface area (Å²) in [5.41, 5.74) is 0. The van der Waals surface area contributed by atoms with E-state index in [-0.39, 0.29) is 36.6 Å². The van der Waals surface area contributed by atoms with Gasteiger partial charge in [0.05, 0.1) is 13.2 Å². The van der Waals surface area contributed by atoms with Crippen LogP contribution in [-0.2, 0) is 19.1 Å². The summed E-state index contributed by atoms with van der Waals surface area (Å²) in [6.45, 7) is 3.95. The van der Waals surface area contributed by atoms with Crippen LogP contribution in [0.2, 0.25) is 0 Å². The number of halogens is 1. The fraction of sp³-hybridized carbons (Fsp3) is 0.714. The summed E-state index contributed by atoms with van der Waals surface area (Å²) in [4.78, 5) is 21.2. The van der Waals surface area contributed by atoms with Gasteiger partial charge in [0.25, 0.3) is 0 Å². The van der Waals surface area contributed by atoms with Crippen molar-refractivity contribution < 1.29 is 19.1 Å². The van der Waals surface area contributed by atoms with Gasteiger partial charge in [-0.25, -0.2) is 0 Å². The van der Waals surface area contributed by atoms with E-state index in [1.54, 1.807) is 13.8 Å². The van der Waals surface area contributed by atoms with Gasteiger partial charge in [0, 0.05) is 0 Å². The monoisotopic (exact) mass is 240 g/mol. The molecule has 0 amide bonds. The largest absolute Gasteiger partial charge is 0.466 e. The maximum absolute atomic E-state index is 10.6. The summed E-state index contributed by atoms with van der Waals surface area (Å²) in [6, 6.07) is 0. The fourth-order valence-electron chi connectivity index (χ4n) is 0.542. The zero-order chi connectivity index (χ0) is 8.69. The first-order chi connectivity index (χ1) is 5.20. The Morgan fingerprint density at radius 3 is 1.58 bits per heavy atom. The molecule has 5 heteroatoms. The Morgan fingerprint density at radius 1 is 1.00 bits per heavy atom. The maximum atomic E-state index is 10.6. The summed E-state index contributed by atoms with van der Waals surface area (Å²) in [6.07, 6.45) is -0.290. The number of rotatable bonds is 4. The van der Waals surface area contributed by atoms with E-state index < -0.39 is 11.9 Å². The van der Waals surface area contributed by atoms with Crippen LogP contribution >= 0.6 is 17.0 Å². The highest BCUT2D eigenvalue weighted by Crippen LogP contribution is 1.89. The van der Waals surface area contributed by atoms with E-state index in [4.69, 9.17) is 0 Å². The molecule has 0 atom stereocenters. The zero-order valence-electron chi connectivity index (χ0n) is 7.16. The first kappa shape index (κ1) is 14.0. The van der Waals surface area contributed by atoms with Crippen LogP contribution in [0.3, 0.4) is 0 Å². The molecule has 0 rings (SSSR count). The van der Waals surface area contributed by atoms with Gasteiger partial charge in [-0.05, 0) is 13.8 Å². The molecule has 0 heterocycles. The van der Waals surface area contributed by atoms with Crippen molar-refractivity contribution in [3.8, 4) is 0 Å². The molecular weight excluding hydrogens is 228 g/mol. The quantitative estimate of drug-likeness (QED) is 0.546. The average molecular weight is 241 g/mol. The number of hydrogen-bond acceptors (Lipinski definition) is 4. The molecule has 0 aliphatic carbocycles. The van der Waals surface area contributed by atoms with Crippen molar-refractivity contribution in [3.63, 3.8) is 0 Å². The first-order valence-corrected chi connectivity index (χ1v) is 3.52. The smallest absolute Gasteiger partial charge is 0.317 e. The van der Waals surface area contributed by atoms with Crippen LogP contribution in [0.5, 0.6) is 0 Å². The minimum atomic E-state index is -0.536. The van der Waals surface area contributed by atoms with Gasteiger partial charge in [0.2, 0.25) is 0 Å². The van der Waals surface area contributed by atoms with Gasteiger partial charge < -0.3 is 9.47 Å². The van der Waals surface area contributed by atoms with E-state index in [0.717, 1.165) is 0 Å². The minimum absolute atomic E-state index is 0. The van der Waals surface area contributed by atoms with E-state index in [2.05, 4.69) is 9.47 Å². The van der Waals surface area contributed by atoms with Crippen molar-refractivity contribution in [2.45, 2.75) is 20.3 Å². The highest BCUT2D eigenvalue weighted by molar-refractivity contribution is 8.93. The lowest BCUT2D eigenvalue weighted by Gasteiger charge is -2.00. The van der Waals surface area contributed by atoms with Crippen molar-refractivity contribution in [2.24, 2.45) is 0 Å². The second kappa shape index (κ2) is 8.52. The Kier molecular flexibility index (Phi) is 9.92. The number of carbonyl (C=O) groups is 2. The molecule has 0 spiro atoms. The zero-order valence-corrected chi connectivity index (χ0v) is 8.88. The van der Waals surface area contributed by atoms with Crippen LogP contribution in [0.15, 0.2) is 0 Å². The summed E-state index contributed by atoms with van der Waals surface area (Å²) in [5.74, 6) is -1.07. The van der Waals surface area contributed by atoms with Gasteiger partial charge in [0.15, 0.2) is 0 Å². The first-order valence-electron chi connectivity index (χ1n) is 3.52. The van der Waals surface area contributed by atoms with Crippen molar-refractivity contribution in [3.05, 3.63) is 0 Å². The summed E-state index contributed by atoms with van der Waals surface area (Å²) >= 11 is 0. The average Bonchev–Trinajstić information content (AvgIpc) is 1.87. The Labute approximate surface area is 82.0 Å². The predicted molar refractivity (Wildman–Crippen MR) is 48.2 cm³/mol. The molecule has 0 bridgehead atoms. The van der Waals surface area contributed by atoms with E-state index in [9.17, 15) is 9.59 Å². The third-order valence-electron chi connectivity index (χ3n) is 0.899. The van der Waals surface area contributed by atoms with Crippen molar-refractivity contribution in [1.29, 1.82) is 0 Å². The number of esters is 2. The van der Waals surface area contributed by atoms with Crippen LogP contribution in [0.4, 0.5) is 0 Å². The summed E-state index contributed by atoms with van der Waals surface area (Å²) < 4.78 is 9.04. The SMILES string of the molecule is Br.CCOC(=O)CC(=O)OCC. The third-order valence-corrected chi connectivity index (χ3v) is 0.899. The Morgan fingerprint density at radius 2 is 1.33 bits per heavy atom. The van der Waals surface area contributed by atoms with E-state index in [1.807, 2.05) is 0 Å². The number of ether oxygens (including phenoxy) is 2. The molecule has 0 aromatic carbocycles. The lowest BCUT2D eigenvalue weighted by Crippen LogP contribution is -2.13. The molecule has 0 unspecified atom stereocenters. The lowest BCUT2D eigenvalue weighted by molar-refractivity contribution is -0.153. The molecule has 0 radical (unpaired) electrons. The van der Waals surface area contributed by atoms with Crippen LogP contribution in [0, 0.1) is 0 Å². The van der Waals surface area contributed by atoms with Crippen molar-refractivity contribution >= 4 is 28.9 Å². The van der Waals surface area contributed by atoms with E-state index in [0.29, 0.717) is 0 Å². The molecule has 72 valence electrons. The topological polar surface area (TPSA) is 52.6 Å². The molecule has 0 N–H and O–H groups in total. The molecule has 0 aliphatic heterocycles. The van der Waals surface area contributed by atoms with Gasteiger partial charge in [-0.15, -0.1) is 17.0 Å². The molecule has 0 saturated heterocycles. The molecule has 4 nitrogen and oxygen atoms in total. The highest BCUT2D eigenvalue weighted by Gasteiger charge is 2.09. The molecular formula is C7H13BrO4. The van der Waals surface area contributed by atoms with Gasteiger partial charge in [-0.2, -0.15) is 0 Å². The molecule has 0 aromatic rings. The standard InChI is InChI=1S/C7H12O4.BrH/c1-3-10-6(8)5-7(9)11-4-2;/h3-5H2,1-2H3;1H. The van der Waals surface area contributed by atoms with Gasteiger partial charge in [-0.3, -0.25) is 9.59 Å². The van der Waals surface area contributed by atoms with Crippen molar-refractivity contribution in [2.75, 3.05) is 13.2 Å². The predicted octanol–water partition coefficient (Wildman–Crippen LogP) is 1.08. The second-order valence-corrected chi connectivity index (χ2v) is 1.79. The highest BCUT2D eigenvalue weighted by atomic mass is 79.9. The minimum Gasteiger partial charge on any atom is -0.466 e. The van der Waals surface area contributed by atoms with E-state index >= 15 is 0 Å². The molecule has 0 saturated carbocycles. The van der Waals surface area contributed by atoms with Gasteiger partial charge in [0.1, 0.15) is 6.42 Å². The second-order valence-electron chi connectivity index (χ2n) is 1.79. The van der Waals surface area contributed by atoms with E-state index in [1.165, 1.54) is 0 Å². The summed E-state index contributed by atoms with van der Waals surface area (Å²) in [7, 11) is 0. The van der Waals surface area contributed by atoms with Crippen LogP contribution in [-0.4, -0.2) is 25.2 Å². The van der Waals surface area contributed by atoms with Gasteiger partial charge in [-0.1, -0.05) is 0 Å². The lowest BCUT2D eigenvalue weighted by atomic mass is 10.4. The normalized spacial score (nSPS) is 8.17. The fourth-order valence-corrected chi connectivity index (χ4v) is 0.542. The molecule has 12 heavy (non-hydrogen) atoms. The number of hydrogen-bond donors (Lipinski definition) is 0. The Bertz CT molecular complexity index is 130. The van der Waals surface area contributed by atoms with Crippen molar-refractivity contribution in [1.82, 2.24) is 0 Å². The van der Waals surface area contributed by atoms with Crippen LogP contribution < -0.4 is 0 Å². The van der Waals surface area contributed by atoms with Crippen LogP contribution in [0.1, 0.15) is 20.3 Å².